The second kappa shape index (κ2) is 14.7. The van der Waals surface area contributed by atoms with Crippen LogP contribution in [0.5, 0.6) is 11.5 Å². The summed E-state index contributed by atoms with van der Waals surface area (Å²) in [7, 11) is 0. The van der Waals surface area contributed by atoms with Gasteiger partial charge in [0.15, 0.2) is 0 Å². The Bertz CT molecular complexity index is 2100. The van der Waals surface area contributed by atoms with Gasteiger partial charge in [0, 0.05) is 23.5 Å². The number of phenols is 1. The van der Waals surface area contributed by atoms with Gasteiger partial charge in [-0.1, -0.05) is 54.6 Å². The lowest BCUT2D eigenvalue weighted by Gasteiger charge is -2.31. The third-order valence-corrected chi connectivity index (χ3v) is 10.3. The molecule has 5 aromatic rings. The van der Waals surface area contributed by atoms with E-state index in [1.54, 1.807) is 18.3 Å². The minimum atomic E-state index is -0.502. The molecular weight excluding hydrogens is 650 g/mol. The third-order valence-electron chi connectivity index (χ3n) is 10.3. The van der Waals surface area contributed by atoms with E-state index in [9.17, 15) is 14.7 Å². The van der Waals surface area contributed by atoms with Gasteiger partial charge in [-0.25, -0.2) is 0 Å². The molecule has 1 aromatic heterocycles. The van der Waals surface area contributed by atoms with Crippen molar-refractivity contribution in [2.24, 2.45) is 17.8 Å². The van der Waals surface area contributed by atoms with Crippen molar-refractivity contribution < 1.29 is 24.2 Å². The van der Waals surface area contributed by atoms with Gasteiger partial charge < -0.3 is 19.9 Å². The molecule has 0 spiro atoms. The number of ether oxygens (including phenoxy) is 2. The summed E-state index contributed by atoms with van der Waals surface area (Å²) in [6, 6.07) is 40.0. The maximum absolute atomic E-state index is 14.3. The van der Waals surface area contributed by atoms with Crippen LogP contribution in [-0.2, 0) is 14.3 Å². The third kappa shape index (κ3) is 6.85. The fraction of sp³-hybridized carbons (Fsp3) is 0.205. The molecule has 2 fully saturated rings. The van der Waals surface area contributed by atoms with E-state index in [1.807, 2.05) is 115 Å². The van der Waals surface area contributed by atoms with Gasteiger partial charge in [0.25, 0.3) is 0 Å². The average molecular weight is 690 g/mol. The highest BCUT2D eigenvalue weighted by Crippen LogP contribution is 2.51. The molecule has 2 aliphatic heterocycles. The van der Waals surface area contributed by atoms with Crippen molar-refractivity contribution in [1.82, 2.24) is 4.98 Å². The normalized spacial score (nSPS) is 21.2. The molecule has 3 aliphatic rings. The molecule has 3 heterocycles. The van der Waals surface area contributed by atoms with Gasteiger partial charge in [-0.3, -0.25) is 19.5 Å². The molecule has 52 heavy (non-hydrogen) atoms. The fourth-order valence-corrected chi connectivity index (χ4v) is 7.81. The maximum Gasteiger partial charge on any atom is 0.238 e. The summed E-state index contributed by atoms with van der Waals surface area (Å²) in [6.45, 7) is 0.681. The molecule has 1 aliphatic carbocycles. The first-order valence-electron chi connectivity index (χ1n) is 17.7. The first kappa shape index (κ1) is 33.2. The smallest absolute Gasteiger partial charge is 0.238 e. The molecule has 0 bridgehead atoms. The van der Waals surface area contributed by atoms with Crippen LogP contribution in [0.3, 0.4) is 0 Å². The highest BCUT2D eigenvalue weighted by molar-refractivity contribution is 6.22. The first-order valence-corrected chi connectivity index (χ1v) is 17.7. The number of aromatic hydroxyl groups is 1. The zero-order valence-electron chi connectivity index (χ0n) is 28.6. The molecule has 8 rings (SSSR count). The number of imide groups is 1. The van der Waals surface area contributed by atoms with Gasteiger partial charge in [-0.05, 0) is 120 Å². The average Bonchev–Trinajstić information content (AvgIpc) is 3.72. The number of rotatable bonds is 11. The topological polar surface area (TPSA) is 101 Å². The Morgan fingerprint density at radius 2 is 1.54 bits per heavy atom. The van der Waals surface area contributed by atoms with Crippen LogP contribution in [-0.4, -0.2) is 41.2 Å². The number of pyridine rings is 1. The van der Waals surface area contributed by atoms with Crippen LogP contribution < -0.4 is 15.0 Å². The van der Waals surface area contributed by atoms with Crippen molar-refractivity contribution in [3.05, 3.63) is 156 Å². The Balaban J connectivity index is 1.07. The number of fused-ring (bicyclic) bond motifs is 3. The number of para-hydroxylation sites is 2. The summed E-state index contributed by atoms with van der Waals surface area (Å²) in [5, 5.41) is 13.2. The van der Waals surface area contributed by atoms with Crippen LogP contribution in [0.1, 0.15) is 30.5 Å². The quantitative estimate of drug-likeness (QED) is 0.106. The molecule has 0 saturated carbocycles. The molecule has 2 saturated heterocycles. The Morgan fingerprint density at radius 3 is 2.27 bits per heavy atom. The Hall–Kier alpha value is -5.99. The standard InChI is InChI=1S/C44H39N3O5/c48-35-21-14-29(15-22-35)25-30(39-13-7-8-24-45-39)16-23-40-41-31(27-51-36-11-5-2-6-12-36)26-37-42(38(41)28-52-40)44(50)47(43(37)49)34-19-17-33(18-20-34)46-32-9-3-1-4-10-32/h1-15,17-22,24-25,37-38,40,42,46,48H,16,23,26-28H2/b30-25-/t37-,38+,40-,42-/m1/s1. The molecule has 0 radical (unpaired) electrons. The van der Waals surface area contributed by atoms with E-state index in [2.05, 4.69) is 16.4 Å². The largest absolute Gasteiger partial charge is 0.508 e. The van der Waals surface area contributed by atoms with E-state index >= 15 is 0 Å². The second-order valence-electron chi connectivity index (χ2n) is 13.5. The molecule has 8 heteroatoms. The number of carbonyl (C=O) groups excluding carboxylic acids is 2. The number of phenolic OH excluding ortho intramolecular Hbond substituents is 1. The highest BCUT2D eigenvalue weighted by atomic mass is 16.5. The van der Waals surface area contributed by atoms with Gasteiger partial charge in [0.2, 0.25) is 11.8 Å². The molecule has 4 atom stereocenters. The van der Waals surface area contributed by atoms with Crippen LogP contribution in [0.4, 0.5) is 17.1 Å². The molecule has 2 N–H and O–H groups in total. The van der Waals surface area contributed by atoms with Crippen LogP contribution in [0.15, 0.2) is 145 Å². The summed E-state index contributed by atoms with van der Waals surface area (Å²) in [5.74, 6) is -0.596. The van der Waals surface area contributed by atoms with Crippen molar-refractivity contribution in [2.45, 2.75) is 25.4 Å². The zero-order chi connectivity index (χ0) is 35.4. The molecule has 260 valence electrons. The van der Waals surface area contributed by atoms with Crippen LogP contribution in [0.2, 0.25) is 0 Å². The van der Waals surface area contributed by atoms with Crippen LogP contribution in [0.25, 0.3) is 11.6 Å². The van der Waals surface area contributed by atoms with Crippen LogP contribution >= 0.6 is 0 Å². The lowest BCUT2D eigenvalue weighted by atomic mass is 9.69. The minimum absolute atomic E-state index is 0.171. The van der Waals surface area contributed by atoms with Crippen molar-refractivity contribution in [1.29, 1.82) is 0 Å². The summed E-state index contributed by atoms with van der Waals surface area (Å²) in [6.07, 6.45) is 5.41. The number of aromatic nitrogens is 1. The predicted molar refractivity (Wildman–Crippen MR) is 202 cm³/mol. The molecule has 4 aromatic carbocycles. The Kier molecular flexibility index (Phi) is 9.38. The lowest BCUT2D eigenvalue weighted by Crippen LogP contribution is -2.35. The summed E-state index contributed by atoms with van der Waals surface area (Å²) in [4.78, 5) is 34.4. The Labute approximate surface area is 303 Å². The minimum Gasteiger partial charge on any atom is -0.508 e. The van der Waals surface area contributed by atoms with Crippen molar-refractivity contribution >= 4 is 40.5 Å². The summed E-state index contributed by atoms with van der Waals surface area (Å²) in [5.41, 5.74) is 7.38. The van der Waals surface area contributed by atoms with E-state index in [-0.39, 0.29) is 29.6 Å². The highest BCUT2D eigenvalue weighted by Gasteiger charge is 2.57. The van der Waals surface area contributed by atoms with Gasteiger partial charge in [-0.2, -0.15) is 0 Å². The number of hydrogen-bond acceptors (Lipinski definition) is 7. The number of amides is 2. The van der Waals surface area contributed by atoms with Gasteiger partial charge >= 0.3 is 0 Å². The number of hydrogen-bond donors (Lipinski definition) is 2. The molecular formula is C44H39N3O5. The monoisotopic (exact) mass is 689 g/mol. The van der Waals surface area contributed by atoms with Crippen LogP contribution in [0, 0.1) is 17.8 Å². The Morgan fingerprint density at radius 1 is 0.827 bits per heavy atom. The summed E-state index contributed by atoms with van der Waals surface area (Å²) >= 11 is 0. The first-order chi connectivity index (χ1) is 25.5. The van der Waals surface area contributed by atoms with Gasteiger partial charge in [0.1, 0.15) is 18.1 Å². The number of carbonyl (C=O) groups is 2. The lowest BCUT2D eigenvalue weighted by molar-refractivity contribution is -0.122. The van der Waals surface area contributed by atoms with Crippen molar-refractivity contribution in [2.75, 3.05) is 23.4 Å². The SMILES string of the molecule is O=C1[C@@H]2[C@@H](CC(COc3ccccc3)=C3[C@@H](CC/C(=C/c4ccc(O)cc4)c4ccccn4)OC[C@@H]32)C(=O)N1c1ccc(Nc2ccccc2)cc1. The maximum atomic E-state index is 14.3. The van der Waals surface area contributed by atoms with E-state index in [4.69, 9.17) is 9.47 Å². The van der Waals surface area contributed by atoms with Crippen molar-refractivity contribution in [3.63, 3.8) is 0 Å². The molecule has 0 unspecified atom stereocenters. The molecule has 2 amide bonds. The second-order valence-corrected chi connectivity index (χ2v) is 13.5. The number of nitrogens with zero attached hydrogens (tertiary/aromatic N) is 2. The zero-order valence-corrected chi connectivity index (χ0v) is 28.6. The number of nitrogens with one attached hydrogen (secondary N) is 1. The van der Waals surface area contributed by atoms with E-state index in [1.165, 1.54) is 4.90 Å². The fourth-order valence-electron chi connectivity index (χ4n) is 7.81. The van der Waals surface area contributed by atoms with Gasteiger partial charge in [0.05, 0.1) is 35.9 Å². The van der Waals surface area contributed by atoms with E-state index in [0.29, 0.717) is 38.2 Å². The van der Waals surface area contributed by atoms with E-state index < -0.39 is 11.8 Å². The number of benzene rings is 4. The molecule has 8 nitrogen and oxygen atoms in total. The van der Waals surface area contributed by atoms with Crippen molar-refractivity contribution in [3.8, 4) is 11.5 Å². The number of allylic oxidation sites excluding steroid dienone is 1. The van der Waals surface area contributed by atoms with E-state index in [0.717, 1.165) is 45.1 Å². The summed E-state index contributed by atoms with van der Waals surface area (Å²) < 4.78 is 12.9. The van der Waals surface area contributed by atoms with Gasteiger partial charge in [-0.15, -0.1) is 0 Å². The predicted octanol–water partition coefficient (Wildman–Crippen LogP) is 8.45. The number of anilines is 3.